The summed E-state index contributed by atoms with van der Waals surface area (Å²) in [6.45, 7) is 0.215. The first-order valence-electron chi connectivity index (χ1n) is 5.44. The highest BCUT2D eigenvalue weighted by Crippen LogP contribution is 2.26. The Morgan fingerprint density at radius 3 is 2.89 bits per heavy atom. The van der Waals surface area contributed by atoms with Gasteiger partial charge in [0, 0.05) is 20.4 Å². The van der Waals surface area contributed by atoms with Crippen LogP contribution in [0.4, 0.5) is 5.69 Å². The molecule has 0 bridgehead atoms. The molecule has 1 heterocycles. The maximum atomic E-state index is 12.0. The van der Waals surface area contributed by atoms with Gasteiger partial charge in [-0.2, -0.15) is 0 Å². The number of hydrogen-bond acceptors (Lipinski definition) is 5. The number of carbonyl (C=O) groups excluding carboxylic acids is 1. The molecule has 0 radical (unpaired) electrons. The summed E-state index contributed by atoms with van der Waals surface area (Å²) < 4.78 is 11.3. The third kappa shape index (κ3) is 3.27. The number of nitrogens with two attached hydrogens (primary N) is 1. The Morgan fingerprint density at radius 2 is 2.26 bits per heavy atom. The van der Waals surface area contributed by atoms with E-state index in [-0.39, 0.29) is 12.2 Å². The first-order chi connectivity index (χ1) is 9.11. The lowest BCUT2D eigenvalue weighted by Crippen LogP contribution is -2.09. The number of anilines is 1. The van der Waals surface area contributed by atoms with Crippen molar-refractivity contribution in [3.63, 3.8) is 0 Å². The number of rotatable bonds is 4. The van der Waals surface area contributed by atoms with Gasteiger partial charge in [0.2, 0.25) is 0 Å². The smallest absolute Gasteiger partial charge is 0.344 e. The summed E-state index contributed by atoms with van der Waals surface area (Å²) in [7, 11) is 1.49. The van der Waals surface area contributed by atoms with E-state index in [9.17, 15) is 4.79 Å². The molecule has 1 aromatic heterocycles. The normalized spacial score (nSPS) is 10.2. The first kappa shape index (κ1) is 13.9. The Kier molecular flexibility index (Phi) is 4.44. The Balaban J connectivity index is 2.12. The number of hydrogen-bond donors (Lipinski definition) is 1. The van der Waals surface area contributed by atoms with Crippen molar-refractivity contribution >= 4 is 38.9 Å². The van der Waals surface area contributed by atoms with Gasteiger partial charge in [-0.05, 0) is 34.1 Å². The zero-order chi connectivity index (χ0) is 13.8. The number of halogens is 1. The van der Waals surface area contributed by atoms with Crippen molar-refractivity contribution in [3.8, 4) is 5.75 Å². The molecule has 2 aromatic rings. The average Bonchev–Trinajstić information content (AvgIpc) is 2.81. The molecule has 0 aliphatic rings. The minimum atomic E-state index is -0.487. The SMILES string of the molecule is COc1cccc(N)c1C(=O)OCc1cc(Br)cs1. The molecule has 100 valence electrons. The van der Waals surface area contributed by atoms with Crippen molar-refractivity contribution in [2.24, 2.45) is 0 Å². The maximum Gasteiger partial charge on any atom is 0.344 e. The fourth-order valence-electron chi connectivity index (χ4n) is 1.57. The van der Waals surface area contributed by atoms with Gasteiger partial charge in [0.1, 0.15) is 17.9 Å². The summed E-state index contributed by atoms with van der Waals surface area (Å²) in [4.78, 5) is 13.0. The number of carbonyl (C=O) groups is 1. The fourth-order valence-corrected chi connectivity index (χ4v) is 2.94. The monoisotopic (exact) mass is 341 g/mol. The molecule has 0 unspecified atom stereocenters. The van der Waals surface area contributed by atoms with E-state index in [0.717, 1.165) is 9.35 Å². The fraction of sp³-hybridized carbons (Fsp3) is 0.154. The van der Waals surface area contributed by atoms with E-state index >= 15 is 0 Å². The van der Waals surface area contributed by atoms with Crippen molar-refractivity contribution in [1.82, 2.24) is 0 Å². The molecule has 0 aliphatic carbocycles. The lowest BCUT2D eigenvalue weighted by Gasteiger charge is -2.10. The van der Waals surface area contributed by atoms with Crippen LogP contribution in [0, 0.1) is 0 Å². The number of methoxy groups -OCH3 is 1. The number of ether oxygens (including phenoxy) is 2. The van der Waals surface area contributed by atoms with E-state index < -0.39 is 5.97 Å². The largest absolute Gasteiger partial charge is 0.496 e. The Labute approximate surface area is 123 Å². The molecule has 0 aliphatic heterocycles. The summed E-state index contributed by atoms with van der Waals surface area (Å²) >= 11 is 4.86. The minimum Gasteiger partial charge on any atom is -0.496 e. The summed E-state index contributed by atoms with van der Waals surface area (Å²) in [6.07, 6.45) is 0. The van der Waals surface area contributed by atoms with Gasteiger partial charge in [-0.15, -0.1) is 11.3 Å². The van der Waals surface area contributed by atoms with Gasteiger partial charge < -0.3 is 15.2 Å². The Hall–Kier alpha value is -1.53. The van der Waals surface area contributed by atoms with Crippen molar-refractivity contribution < 1.29 is 14.3 Å². The van der Waals surface area contributed by atoms with Crippen LogP contribution in [0.15, 0.2) is 34.1 Å². The Bertz CT molecular complexity index is 597. The standard InChI is InChI=1S/C13H12BrNO3S/c1-17-11-4-2-3-10(15)12(11)13(16)18-6-9-5-8(14)7-19-9/h2-5,7H,6,15H2,1H3. The van der Waals surface area contributed by atoms with Crippen LogP contribution in [0.5, 0.6) is 5.75 Å². The maximum absolute atomic E-state index is 12.0. The lowest BCUT2D eigenvalue weighted by atomic mass is 10.1. The highest BCUT2D eigenvalue weighted by atomic mass is 79.9. The van der Waals surface area contributed by atoms with Crippen molar-refractivity contribution in [1.29, 1.82) is 0 Å². The predicted molar refractivity (Wildman–Crippen MR) is 78.5 cm³/mol. The summed E-state index contributed by atoms with van der Waals surface area (Å²) in [5.41, 5.74) is 6.39. The minimum absolute atomic E-state index is 0.215. The van der Waals surface area contributed by atoms with E-state index in [0.29, 0.717) is 11.4 Å². The van der Waals surface area contributed by atoms with E-state index in [1.165, 1.54) is 18.4 Å². The van der Waals surface area contributed by atoms with Crippen molar-refractivity contribution in [3.05, 3.63) is 44.6 Å². The first-order valence-corrected chi connectivity index (χ1v) is 7.11. The molecule has 4 nitrogen and oxygen atoms in total. The molecule has 19 heavy (non-hydrogen) atoms. The van der Waals surface area contributed by atoms with Gasteiger partial charge in [-0.1, -0.05) is 6.07 Å². The van der Waals surface area contributed by atoms with Crippen LogP contribution in [-0.2, 0) is 11.3 Å². The zero-order valence-corrected chi connectivity index (χ0v) is 12.6. The van der Waals surface area contributed by atoms with Crippen molar-refractivity contribution in [2.75, 3.05) is 12.8 Å². The highest BCUT2D eigenvalue weighted by Gasteiger charge is 2.17. The number of benzene rings is 1. The van der Waals surface area contributed by atoms with E-state index in [2.05, 4.69) is 15.9 Å². The van der Waals surface area contributed by atoms with Gasteiger partial charge in [-0.3, -0.25) is 0 Å². The van der Waals surface area contributed by atoms with Crippen LogP contribution in [0.25, 0.3) is 0 Å². The molecule has 0 spiro atoms. The van der Waals surface area contributed by atoms with Gasteiger partial charge in [-0.25, -0.2) is 4.79 Å². The van der Waals surface area contributed by atoms with Crippen LogP contribution >= 0.6 is 27.3 Å². The molecule has 1 aromatic carbocycles. The predicted octanol–water partition coefficient (Wildman–Crippen LogP) is 3.46. The molecular weight excluding hydrogens is 330 g/mol. The third-order valence-corrected chi connectivity index (χ3v) is 4.12. The topological polar surface area (TPSA) is 61.5 Å². The van der Waals surface area contributed by atoms with Crippen LogP contribution in [0.2, 0.25) is 0 Å². The zero-order valence-electron chi connectivity index (χ0n) is 10.2. The molecule has 2 N–H and O–H groups in total. The number of nitrogen functional groups attached to an aromatic ring is 1. The summed E-state index contributed by atoms with van der Waals surface area (Å²) in [5, 5.41) is 1.93. The van der Waals surface area contributed by atoms with E-state index in [1.807, 2.05) is 11.4 Å². The third-order valence-electron chi connectivity index (χ3n) is 2.45. The van der Waals surface area contributed by atoms with Gasteiger partial charge >= 0.3 is 5.97 Å². The molecular formula is C13H12BrNO3S. The Morgan fingerprint density at radius 1 is 1.47 bits per heavy atom. The second-order valence-electron chi connectivity index (χ2n) is 3.73. The average molecular weight is 342 g/mol. The molecule has 0 amide bonds. The van der Waals surface area contributed by atoms with Crippen molar-refractivity contribution in [2.45, 2.75) is 6.61 Å². The molecule has 0 atom stereocenters. The second kappa shape index (κ2) is 6.08. The van der Waals surface area contributed by atoms with E-state index in [4.69, 9.17) is 15.2 Å². The lowest BCUT2D eigenvalue weighted by molar-refractivity contribution is 0.0474. The number of thiophene rings is 1. The molecule has 0 saturated carbocycles. The molecule has 0 fully saturated rings. The van der Waals surface area contributed by atoms with Crippen LogP contribution in [0.1, 0.15) is 15.2 Å². The molecule has 2 rings (SSSR count). The van der Waals surface area contributed by atoms with Gasteiger partial charge in [0.05, 0.1) is 7.11 Å². The van der Waals surface area contributed by atoms with E-state index in [1.54, 1.807) is 18.2 Å². The highest BCUT2D eigenvalue weighted by molar-refractivity contribution is 9.10. The summed E-state index contributed by atoms with van der Waals surface area (Å²) in [6, 6.07) is 6.94. The summed E-state index contributed by atoms with van der Waals surface area (Å²) in [5.74, 6) is -0.0724. The molecule has 6 heteroatoms. The molecule has 0 saturated heterocycles. The second-order valence-corrected chi connectivity index (χ2v) is 5.64. The quantitative estimate of drug-likeness (QED) is 0.683. The van der Waals surface area contributed by atoms with Gasteiger partial charge in [0.25, 0.3) is 0 Å². The number of esters is 1. The van der Waals surface area contributed by atoms with Crippen LogP contribution in [0.3, 0.4) is 0 Å². The van der Waals surface area contributed by atoms with Gasteiger partial charge in [0.15, 0.2) is 0 Å². The van der Waals surface area contributed by atoms with Crippen LogP contribution < -0.4 is 10.5 Å². The van der Waals surface area contributed by atoms with Crippen LogP contribution in [-0.4, -0.2) is 13.1 Å².